The summed E-state index contributed by atoms with van der Waals surface area (Å²) >= 11 is 0. The predicted octanol–water partition coefficient (Wildman–Crippen LogP) is 5.62. The van der Waals surface area contributed by atoms with Crippen molar-refractivity contribution in [2.24, 2.45) is 5.10 Å². The van der Waals surface area contributed by atoms with Gasteiger partial charge in [-0.2, -0.15) is 5.10 Å². The molecular weight excluding hydrogens is 296 g/mol. The van der Waals surface area contributed by atoms with Crippen LogP contribution < -0.4 is 5.43 Å². The lowest BCUT2D eigenvalue weighted by Gasteiger charge is -2.04. The fraction of sp³-hybridized carbons (Fsp3) is 0.619. The topological polar surface area (TPSA) is 41.5 Å². The first-order valence-corrected chi connectivity index (χ1v) is 9.59. The van der Waals surface area contributed by atoms with Gasteiger partial charge in [-0.15, -0.1) is 0 Å². The zero-order valence-electron chi connectivity index (χ0n) is 15.7. The second-order valence-corrected chi connectivity index (χ2v) is 6.51. The molecule has 0 aromatic heterocycles. The van der Waals surface area contributed by atoms with Gasteiger partial charge in [-0.25, -0.2) is 5.43 Å². The Morgan fingerprint density at radius 3 is 2.08 bits per heavy atom. The van der Waals surface area contributed by atoms with Gasteiger partial charge >= 0.3 is 0 Å². The van der Waals surface area contributed by atoms with E-state index in [1.165, 1.54) is 44.1 Å². The van der Waals surface area contributed by atoms with Crippen molar-refractivity contribution in [2.75, 3.05) is 0 Å². The molecule has 0 aliphatic carbocycles. The van der Waals surface area contributed by atoms with Gasteiger partial charge < -0.3 is 0 Å². The molecule has 0 spiro atoms. The van der Waals surface area contributed by atoms with Crippen LogP contribution in [0, 0.1) is 0 Å². The summed E-state index contributed by atoms with van der Waals surface area (Å²) in [6.07, 6.45) is 11.6. The van der Waals surface area contributed by atoms with Gasteiger partial charge in [0.25, 0.3) is 0 Å². The van der Waals surface area contributed by atoms with Crippen molar-refractivity contribution in [3.8, 4) is 0 Å². The molecule has 0 heterocycles. The fourth-order valence-electron chi connectivity index (χ4n) is 2.67. The Morgan fingerprint density at radius 1 is 0.917 bits per heavy atom. The first-order valence-electron chi connectivity index (χ1n) is 9.59. The van der Waals surface area contributed by atoms with E-state index in [9.17, 15) is 4.79 Å². The molecule has 0 saturated carbocycles. The molecule has 24 heavy (non-hydrogen) atoms. The second-order valence-electron chi connectivity index (χ2n) is 6.51. The minimum atomic E-state index is 0.0190. The lowest BCUT2D eigenvalue weighted by molar-refractivity contribution is -0.121. The minimum Gasteiger partial charge on any atom is -0.273 e. The number of unbranched alkanes of at least 4 members (excludes halogenated alkanes) is 7. The van der Waals surface area contributed by atoms with Crippen LogP contribution in [-0.2, 0) is 11.2 Å². The van der Waals surface area contributed by atoms with Crippen molar-refractivity contribution >= 4 is 11.6 Å². The fourth-order valence-corrected chi connectivity index (χ4v) is 2.67. The predicted molar refractivity (Wildman–Crippen MR) is 103 cm³/mol. The third kappa shape index (κ3) is 8.85. The van der Waals surface area contributed by atoms with E-state index in [2.05, 4.69) is 48.6 Å². The molecule has 0 unspecified atom stereocenters. The van der Waals surface area contributed by atoms with Crippen LogP contribution in [0.25, 0.3) is 0 Å². The number of carbonyl (C=O) groups excluding carboxylic acids is 1. The minimum absolute atomic E-state index is 0.0190. The molecule has 0 atom stereocenters. The van der Waals surface area contributed by atoms with Gasteiger partial charge in [-0.3, -0.25) is 4.79 Å². The van der Waals surface area contributed by atoms with Gasteiger partial charge in [-0.1, -0.05) is 83.1 Å². The lowest BCUT2D eigenvalue weighted by atomic mass is 10.1. The Bertz CT molecular complexity index is 491. The highest BCUT2D eigenvalue weighted by Gasteiger charge is 2.02. The summed E-state index contributed by atoms with van der Waals surface area (Å²) < 4.78 is 0. The van der Waals surface area contributed by atoms with E-state index in [1.54, 1.807) is 0 Å². The largest absolute Gasteiger partial charge is 0.273 e. The molecule has 0 saturated heterocycles. The highest BCUT2D eigenvalue weighted by Crippen LogP contribution is 2.09. The molecule has 0 fully saturated rings. The number of carbonyl (C=O) groups is 1. The Labute approximate surface area is 147 Å². The quantitative estimate of drug-likeness (QED) is 0.301. The Hall–Kier alpha value is -1.64. The first-order chi connectivity index (χ1) is 11.7. The normalized spacial score (nSPS) is 11.5. The van der Waals surface area contributed by atoms with Crippen molar-refractivity contribution in [2.45, 2.75) is 85.0 Å². The van der Waals surface area contributed by atoms with Crippen molar-refractivity contribution < 1.29 is 4.79 Å². The van der Waals surface area contributed by atoms with Crippen LogP contribution >= 0.6 is 0 Å². The van der Waals surface area contributed by atoms with Crippen molar-refractivity contribution in [3.63, 3.8) is 0 Å². The summed E-state index contributed by atoms with van der Waals surface area (Å²) in [5, 5.41) is 4.22. The van der Waals surface area contributed by atoms with Crippen molar-refractivity contribution in [1.29, 1.82) is 0 Å². The smallest absolute Gasteiger partial charge is 0.240 e. The van der Waals surface area contributed by atoms with Gasteiger partial charge in [0, 0.05) is 6.42 Å². The van der Waals surface area contributed by atoms with E-state index >= 15 is 0 Å². The molecule has 1 aromatic rings. The number of aryl methyl sites for hydroxylation is 1. The Morgan fingerprint density at radius 2 is 1.50 bits per heavy atom. The Kier molecular flexibility index (Phi) is 10.8. The van der Waals surface area contributed by atoms with E-state index in [0.717, 1.165) is 30.5 Å². The lowest BCUT2D eigenvalue weighted by Crippen LogP contribution is -2.18. The Balaban J connectivity index is 2.17. The summed E-state index contributed by atoms with van der Waals surface area (Å²) in [4.78, 5) is 11.8. The van der Waals surface area contributed by atoms with E-state index in [1.807, 2.05) is 6.92 Å². The number of amides is 1. The molecule has 1 N–H and O–H groups in total. The number of hydrazone groups is 1. The average Bonchev–Trinajstić information content (AvgIpc) is 2.62. The highest BCUT2D eigenvalue weighted by atomic mass is 16.2. The zero-order valence-corrected chi connectivity index (χ0v) is 15.7. The molecule has 3 heteroatoms. The summed E-state index contributed by atoms with van der Waals surface area (Å²) in [5.41, 5.74) is 5.89. The van der Waals surface area contributed by atoms with Crippen LogP contribution in [-0.4, -0.2) is 11.6 Å². The number of benzene rings is 1. The van der Waals surface area contributed by atoms with Crippen LogP contribution in [0.15, 0.2) is 29.4 Å². The number of rotatable bonds is 12. The molecule has 0 aliphatic heterocycles. The maximum absolute atomic E-state index is 11.8. The number of nitrogens with zero attached hydrogens (tertiary/aromatic N) is 1. The van der Waals surface area contributed by atoms with E-state index in [4.69, 9.17) is 0 Å². The number of hydrogen-bond acceptors (Lipinski definition) is 2. The monoisotopic (exact) mass is 330 g/mol. The van der Waals surface area contributed by atoms with Crippen LogP contribution in [0.1, 0.15) is 89.7 Å². The third-order valence-corrected chi connectivity index (χ3v) is 4.39. The van der Waals surface area contributed by atoms with Gasteiger partial charge in [0.2, 0.25) is 5.91 Å². The van der Waals surface area contributed by atoms with Crippen molar-refractivity contribution in [3.05, 3.63) is 35.4 Å². The SMILES string of the molecule is CCCCCCCCCCC(=O)N/N=C(\C)c1ccc(CC)cc1. The number of hydrogen-bond donors (Lipinski definition) is 1. The second kappa shape index (κ2) is 12.7. The molecule has 0 radical (unpaired) electrons. The van der Waals surface area contributed by atoms with Crippen LogP contribution in [0.4, 0.5) is 0 Å². The third-order valence-electron chi connectivity index (χ3n) is 4.39. The summed E-state index contributed by atoms with van der Waals surface area (Å²) in [6, 6.07) is 8.33. The van der Waals surface area contributed by atoms with Crippen LogP contribution in [0.2, 0.25) is 0 Å². The van der Waals surface area contributed by atoms with Crippen LogP contribution in [0.3, 0.4) is 0 Å². The molecule has 1 rings (SSSR count). The van der Waals surface area contributed by atoms with Crippen LogP contribution in [0.5, 0.6) is 0 Å². The molecule has 134 valence electrons. The van der Waals surface area contributed by atoms with E-state index in [0.29, 0.717) is 6.42 Å². The maximum atomic E-state index is 11.8. The summed E-state index contributed by atoms with van der Waals surface area (Å²) in [6.45, 7) is 6.31. The van der Waals surface area contributed by atoms with Crippen molar-refractivity contribution in [1.82, 2.24) is 5.43 Å². The molecule has 0 bridgehead atoms. The molecule has 1 aromatic carbocycles. The van der Waals surface area contributed by atoms with Gasteiger partial charge in [-0.05, 0) is 30.9 Å². The first kappa shape index (κ1) is 20.4. The van der Waals surface area contributed by atoms with Gasteiger partial charge in [0.05, 0.1) is 5.71 Å². The van der Waals surface area contributed by atoms with Gasteiger partial charge in [0.1, 0.15) is 0 Å². The van der Waals surface area contributed by atoms with Gasteiger partial charge in [0.15, 0.2) is 0 Å². The standard InChI is InChI=1S/C21H34N2O/c1-4-6-7-8-9-10-11-12-13-21(24)23-22-18(3)20-16-14-19(5-2)15-17-20/h14-17H,4-13H2,1-3H3,(H,23,24)/b22-18+. The van der Waals surface area contributed by atoms with E-state index < -0.39 is 0 Å². The van der Waals surface area contributed by atoms with E-state index in [-0.39, 0.29) is 5.91 Å². The maximum Gasteiger partial charge on any atom is 0.240 e. The molecule has 3 nitrogen and oxygen atoms in total. The highest BCUT2D eigenvalue weighted by molar-refractivity contribution is 5.99. The summed E-state index contributed by atoms with van der Waals surface area (Å²) in [5.74, 6) is 0.0190. The zero-order chi connectivity index (χ0) is 17.6. The summed E-state index contributed by atoms with van der Waals surface area (Å²) in [7, 11) is 0. The molecule has 1 amide bonds. The number of nitrogens with one attached hydrogen (secondary N) is 1. The average molecular weight is 331 g/mol. The molecule has 0 aliphatic rings. The molecular formula is C21H34N2O.